The number of nitrogens with one attached hydrogen (secondary N) is 1. The number of hydrogen-bond donors (Lipinski definition) is 2. The highest BCUT2D eigenvalue weighted by Crippen LogP contribution is 2.28. The Bertz CT molecular complexity index is 1640. The first-order chi connectivity index (χ1) is 23.5. The summed E-state index contributed by atoms with van der Waals surface area (Å²) < 4.78 is 31.8. The standard InChI is InChI=1S/C34H45BrN6O7S/c1-49(46,47)40-20-18-37(19-21-40)26-9-13-38(14-10-26)32(43)31(23-24-6-7-30(42)28(35)22-24)48-34(45)39-15-11-27(12-16-39)41-17-8-25-4-2-3-5-29(25)36-33(41)44/h2-7,22,26-27,31,42H,8-21,23H2,1H3,(H,36,44)/t31-/m1/s1. The molecule has 0 saturated carbocycles. The van der Waals surface area contributed by atoms with Crippen molar-refractivity contribution in [1.82, 2.24) is 23.9 Å². The van der Waals surface area contributed by atoms with Gasteiger partial charge in [-0.1, -0.05) is 24.3 Å². The van der Waals surface area contributed by atoms with E-state index in [1.54, 1.807) is 28.0 Å². The molecule has 0 radical (unpaired) electrons. The predicted octanol–water partition coefficient (Wildman–Crippen LogP) is 3.33. The number of likely N-dealkylation sites (tertiary alicyclic amines) is 2. The highest BCUT2D eigenvalue weighted by Gasteiger charge is 2.37. The highest BCUT2D eigenvalue weighted by molar-refractivity contribution is 9.10. The maximum atomic E-state index is 14.0. The van der Waals surface area contributed by atoms with Crippen molar-refractivity contribution in [3.8, 4) is 5.75 Å². The average Bonchev–Trinajstić information content (AvgIpc) is 3.27. The van der Waals surface area contributed by atoms with E-state index in [2.05, 4.69) is 26.1 Å². The summed E-state index contributed by atoms with van der Waals surface area (Å²) in [4.78, 5) is 48.1. The van der Waals surface area contributed by atoms with Gasteiger partial charge in [0, 0.05) is 83.1 Å². The third-order valence-corrected chi connectivity index (χ3v) is 12.2. The molecule has 0 aliphatic carbocycles. The highest BCUT2D eigenvalue weighted by atomic mass is 79.9. The maximum Gasteiger partial charge on any atom is 0.410 e. The molecule has 6 rings (SSSR count). The summed E-state index contributed by atoms with van der Waals surface area (Å²) in [5.74, 6) is -0.179. The quantitative estimate of drug-likeness (QED) is 0.438. The fourth-order valence-electron chi connectivity index (χ4n) is 7.42. The van der Waals surface area contributed by atoms with Gasteiger partial charge in [0.25, 0.3) is 5.91 Å². The van der Waals surface area contributed by atoms with E-state index >= 15 is 0 Å². The van der Waals surface area contributed by atoms with Gasteiger partial charge in [-0.2, -0.15) is 4.31 Å². The number of phenolic OH excluding ortho intramolecular Hbond substituents is 1. The van der Waals surface area contributed by atoms with Gasteiger partial charge >= 0.3 is 12.1 Å². The number of carbonyl (C=O) groups excluding carboxylic acids is 3. The Morgan fingerprint density at radius 2 is 1.57 bits per heavy atom. The summed E-state index contributed by atoms with van der Waals surface area (Å²) in [5, 5.41) is 13.0. The molecule has 266 valence electrons. The smallest absolute Gasteiger partial charge is 0.410 e. The number of amides is 4. The van der Waals surface area contributed by atoms with Crippen LogP contribution in [0.4, 0.5) is 15.3 Å². The van der Waals surface area contributed by atoms with Crippen LogP contribution in [0.1, 0.15) is 36.8 Å². The number of hydrogen-bond acceptors (Lipinski definition) is 8. The van der Waals surface area contributed by atoms with E-state index in [9.17, 15) is 27.9 Å². The number of ether oxygens (including phenoxy) is 1. The zero-order valence-corrected chi connectivity index (χ0v) is 30.2. The third kappa shape index (κ3) is 8.50. The minimum absolute atomic E-state index is 0.0132. The minimum atomic E-state index is -3.21. The van der Waals surface area contributed by atoms with Crippen LogP contribution in [0.2, 0.25) is 0 Å². The van der Waals surface area contributed by atoms with Gasteiger partial charge in [0.15, 0.2) is 6.10 Å². The van der Waals surface area contributed by atoms with Crippen LogP contribution in [0.3, 0.4) is 0 Å². The Kier molecular flexibility index (Phi) is 11.0. The van der Waals surface area contributed by atoms with E-state index in [4.69, 9.17) is 4.74 Å². The molecule has 4 heterocycles. The first-order valence-electron chi connectivity index (χ1n) is 17.0. The normalized spacial score (nSPS) is 21.1. The lowest BCUT2D eigenvalue weighted by Crippen LogP contribution is -2.55. The number of urea groups is 1. The molecule has 0 unspecified atom stereocenters. The summed E-state index contributed by atoms with van der Waals surface area (Å²) in [5.41, 5.74) is 2.68. The molecule has 3 fully saturated rings. The molecule has 2 aromatic rings. The number of piperidine rings is 2. The zero-order valence-electron chi connectivity index (χ0n) is 27.8. The third-order valence-electron chi connectivity index (χ3n) is 10.3. The molecule has 4 aliphatic rings. The molecule has 1 atom stereocenters. The van der Waals surface area contributed by atoms with E-state index in [1.165, 1.54) is 10.6 Å². The van der Waals surface area contributed by atoms with Crippen molar-refractivity contribution in [3.63, 3.8) is 0 Å². The Labute approximate surface area is 296 Å². The van der Waals surface area contributed by atoms with Gasteiger partial charge in [0.1, 0.15) is 5.75 Å². The molecule has 4 aliphatic heterocycles. The summed E-state index contributed by atoms with van der Waals surface area (Å²) in [6, 6.07) is 12.9. The van der Waals surface area contributed by atoms with E-state index in [1.807, 2.05) is 29.2 Å². The molecule has 2 N–H and O–H groups in total. The molecule has 3 saturated heterocycles. The van der Waals surface area contributed by atoms with Gasteiger partial charge in [-0.05, 0) is 77.4 Å². The van der Waals surface area contributed by atoms with E-state index in [0.717, 1.165) is 36.1 Å². The lowest BCUT2D eigenvalue weighted by molar-refractivity contribution is -0.142. The summed E-state index contributed by atoms with van der Waals surface area (Å²) in [6.07, 6.45) is 3.25. The van der Waals surface area contributed by atoms with Crippen LogP contribution in [0.5, 0.6) is 5.75 Å². The Morgan fingerprint density at radius 1 is 0.918 bits per heavy atom. The number of para-hydroxylation sites is 1. The topological polar surface area (TPSA) is 143 Å². The maximum absolute atomic E-state index is 14.0. The van der Waals surface area contributed by atoms with Gasteiger partial charge < -0.3 is 29.9 Å². The number of fused-ring (bicyclic) bond motifs is 1. The number of aromatic hydroxyl groups is 1. The number of benzene rings is 2. The van der Waals surface area contributed by atoms with Crippen LogP contribution in [-0.4, -0.2) is 139 Å². The number of halogens is 1. The second-order valence-corrected chi connectivity index (χ2v) is 16.2. The van der Waals surface area contributed by atoms with Gasteiger partial charge in [0.2, 0.25) is 10.0 Å². The van der Waals surface area contributed by atoms with Crippen molar-refractivity contribution in [2.45, 2.75) is 56.7 Å². The Hall–Kier alpha value is -3.40. The predicted molar refractivity (Wildman–Crippen MR) is 188 cm³/mol. The van der Waals surface area contributed by atoms with E-state index in [-0.39, 0.29) is 36.2 Å². The number of nitrogens with zero attached hydrogens (tertiary/aromatic N) is 5. The average molecular weight is 762 g/mol. The van der Waals surface area contributed by atoms with Crippen LogP contribution in [0.25, 0.3) is 0 Å². The molecule has 0 spiro atoms. The Morgan fingerprint density at radius 3 is 2.24 bits per heavy atom. The van der Waals surface area contributed by atoms with Crippen molar-refractivity contribution in [2.75, 3.05) is 70.5 Å². The lowest BCUT2D eigenvalue weighted by atomic mass is 10.0. The molecule has 0 aromatic heterocycles. The fourth-order valence-corrected chi connectivity index (χ4v) is 8.67. The molecular formula is C34H45BrN6O7S. The molecule has 4 amide bonds. The summed E-state index contributed by atoms with van der Waals surface area (Å²) >= 11 is 3.34. The zero-order chi connectivity index (χ0) is 34.7. The Balaban J connectivity index is 1.06. The number of sulfonamides is 1. The summed E-state index contributed by atoms with van der Waals surface area (Å²) in [7, 11) is -3.21. The molecule has 15 heteroatoms. The largest absolute Gasteiger partial charge is 0.507 e. The second kappa shape index (κ2) is 15.2. The van der Waals surface area contributed by atoms with Gasteiger partial charge in [-0.15, -0.1) is 0 Å². The molecular weight excluding hydrogens is 716 g/mol. The number of phenols is 1. The van der Waals surface area contributed by atoms with Gasteiger partial charge in [-0.3, -0.25) is 9.69 Å². The fraction of sp³-hybridized carbons (Fsp3) is 0.559. The number of piperazine rings is 1. The van der Waals surface area contributed by atoms with Crippen molar-refractivity contribution in [2.24, 2.45) is 0 Å². The monoisotopic (exact) mass is 760 g/mol. The second-order valence-electron chi connectivity index (χ2n) is 13.4. The van der Waals surface area contributed by atoms with Crippen LogP contribution in [-0.2, 0) is 32.4 Å². The number of anilines is 1. The first-order valence-corrected chi connectivity index (χ1v) is 19.7. The number of rotatable bonds is 7. The lowest BCUT2D eigenvalue weighted by Gasteiger charge is -2.42. The molecule has 13 nitrogen and oxygen atoms in total. The first kappa shape index (κ1) is 35.4. The van der Waals surface area contributed by atoms with Crippen molar-refractivity contribution < 1.29 is 32.6 Å². The van der Waals surface area contributed by atoms with E-state index in [0.29, 0.717) is 76.2 Å². The van der Waals surface area contributed by atoms with E-state index < -0.39 is 22.2 Å². The summed E-state index contributed by atoms with van der Waals surface area (Å²) in [6.45, 7) is 4.69. The minimum Gasteiger partial charge on any atom is -0.507 e. The molecule has 49 heavy (non-hydrogen) atoms. The van der Waals surface area contributed by atoms with Crippen LogP contribution >= 0.6 is 15.9 Å². The van der Waals surface area contributed by atoms with Crippen molar-refractivity contribution in [1.29, 1.82) is 0 Å². The van der Waals surface area contributed by atoms with Crippen molar-refractivity contribution >= 4 is 49.7 Å². The molecule has 0 bridgehead atoms. The number of carbonyl (C=O) groups is 3. The van der Waals surface area contributed by atoms with Crippen molar-refractivity contribution in [3.05, 3.63) is 58.1 Å². The van der Waals surface area contributed by atoms with Crippen LogP contribution in [0, 0.1) is 0 Å². The van der Waals surface area contributed by atoms with Crippen LogP contribution < -0.4 is 5.32 Å². The van der Waals surface area contributed by atoms with Gasteiger partial charge in [0.05, 0.1) is 10.7 Å². The SMILES string of the molecule is CS(=O)(=O)N1CCN(C2CCN(C(=O)[C@@H](Cc3ccc(O)c(Br)c3)OC(=O)N3CCC(N4CCc5ccccc5NC4=O)CC3)CC2)CC1. The van der Waals surface area contributed by atoms with Gasteiger partial charge in [-0.25, -0.2) is 18.0 Å². The molecule has 2 aromatic carbocycles. The van der Waals surface area contributed by atoms with Crippen LogP contribution in [0.15, 0.2) is 46.9 Å².